The Morgan fingerprint density at radius 2 is 1.41 bits per heavy atom. The van der Waals surface area contributed by atoms with Crippen molar-refractivity contribution in [2.24, 2.45) is 0 Å². The first-order chi connectivity index (χ1) is 8.08. The number of hydrogen-bond acceptors (Lipinski definition) is 0. The molecule has 0 bridgehead atoms. The minimum absolute atomic E-state index is 1.10. The highest BCUT2D eigenvalue weighted by atomic mass is 14.0. The number of hydrogen-bond donors (Lipinski definition) is 0. The highest BCUT2D eigenvalue weighted by Gasteiger charge is 2.02. The van der Waals surface area contributed by atoms with E-state index in [4.69, 9.17) is 0 Å². The predicted molar refractivity (Wildman–Crippen MR) is 84.9 cm³/mol. The second-order valence-corrected chi connectivity index (χ2v) is 4.94. The SMILES string of the molecule is BBc1cc(C)cc(-c2cc(B)cc(C)c2)c1. The van der Waals surface area contributed by atoms with E-state index in [9.17, 15) is 0 Å². The topological polar surface area (TPSA) is 0 Å². The average molecular weight is 218 g/mol. The van der Waals surface area contributed by atoms with Crippen molar-refractivity contribution >= 4 is 33.7 Å². The maximum absolute atomic E-state index is 2.31. The third-order valence-electron chi connectivity index (χ3n) is 3.10. The lowest BCUT2D eigenvalue weighted by Gasteiger charge is -2.09. The molecule has 17 heavy (non-hydrogen) atoms. The van der Waals surface area contributed by atoms with Crippen molar-refractivity contribution in [3.05, 3.63) is 47.5 Å². The molecule has 0 aliphatic rings. The zero-order chi connectivity index (χ0) is 12.4. The standard InChI is InChI=1S/C14H17B3/c1-9-3-11(7-13(15)5-9)12-4-10(2)6-14(8-12)17-16/h3-8,17H,15-16H2,1-2H3. The van der Waals surface area contributed by atoms with Crippen LogP contribution in [0.25, 0.3) is 11.1 Å². The second kappa shape index (κ2) is 4.87. The monoisotopic (exact) mass is 218 g/mol. The van der Waals surface area contributed by atoms with Gasteiger partial charge in [0.2, 0.25) is 0 Å². The van der Waals surface area contributed by atoms with Gasteiger partial charge in [0, 0.05) is 0 Å². The van der Waals surface area contributed by atoms with E-state index in [1.165, 1.54) is 33.2 Å². The normalized spacial score (nSPS) is 10.2. The zero-order valence-electron chi connectivity index (χ0n) is 11.2. The summed E-state index contributed by atoms with van der Waals surface area (Å²) in [5.41, 5.74) is 8.10. The molecule has 0 aliphatic heterocycles. The molecule has 0 N–H and O–H groups in total. The second-order valence-electron chi connectivity index (χ2n) is 4.94. The van der Waals surface area contributed by atoms with Gasteiger partial charge in [-0.2, -0.15) is 0 Å². The average Bonchev–Trinajstić information content (AvgIpc) is 2.26. The van der Waals surface area contributed by atoms with Crippen molar-refractivity contribution in [1.82, 2.24) is 0 Å². The van der Waals surface area contributed by atoms with E-state index in [0.29, 0.717) is 0 Å². The molecule has 0 spiro atoms. The van der Waals surface area contributed by atoms with Gasteiger partial charge in [0.05, 0.1) is 7.74 Å². The highest BCUT2D eigenvalue weighted by Crippen LogP contribution is 2.19. The summed E-state index contributed by atoms with van der Waals surface area (Å²) in [6.07, 6.45) is 0. The molecule has 0 saturated heterocycles. The summed E-state index contributed by atoms with van der Waals surface area (Å²) in [6.45, 7) is 4.33. The fourth-order valence-electron chi connectivity index (χ4n) is 2.37. The van der Waals surface area contributed by atoms with Crippen molar-refractivity contribution in [2.75, 3.05) is 0 Å². The maximum atomic E-state index is 2.31. The molecule has 2 aromatic rings. The maximum Gasteiger partial charge on any atom is 0.139 e. The Balaban J connectivity index is 2.55. The van der Waals surface area contributed by atoms with Crippen LogP contribution in [-0.4, -0.2) is 22.8 Å². The quantitative estimate of drug-likeness (QED) is 0.614. The molecule has 0 nitrogen and oxygen atoms in total. The van der Waals surface area contributed by atoms with Crippen LogP contribution in [0.15, 0.2) is 36.4 Å². The fourth-order valence-corrected chi connectivity index (χ4v) is 2.37. The lowest BCUT2D eigenvalue weighted by Crippen LogP contribution is -2.14. The smallest absolute Gasteiger partial charge is 0.0926 e. The van der Waals surface area contributed by atoms with Crippen LogP contribution in [0.1, 0.15) is 11.1 Å². The van der Waals surface area contributed by atoms with E-state index < -0.39 is 0 Å². The number of benzene rings is 2. The molecule has 0 aromatic heterocycles. The van der Waals surface area contributed by atoms with Gasteiger partial charge in [-0.15, -0.1) is 0 Å². The molecule has 0 saturated carbocycles. The van der Waals surface area contributed by atoms with E-state index in [0.717, 1.165) is 7.17 Å². The molecule has 0 radical (unpaired) electrons. The van der Waals surface area contributed by atoms with Gasteiger partial charge >= 0.3 is 0 Å². The van der Waals surface area contributed by atoms with Crippen LogP contribution in [0, 0.1) is 13.8 Å². The van der Waals surface area contributed by atoms with Crippen LogP contribution in [0.3, 0.4) is 0 Å². The minimum Gasteiger partial charge on any atom is -0.0926 e. The van der Waals surface area contributed by atoms with Gasteiger partial charge in [0.1, 0.15) is 15.0 Å². The molecule has 0 unspecified atom stereocenters. The molecule has 2 aromatic carbocycles. The summed E-state index contributed by atoms with van der Waals surface area (Å²) in [7, 11) is 5.46. The van der Waals surface area contributed by atoms with Crippen molar-refractivity contribution in [3.8, 4) is 11.1 Å². The van der Waals surface area contributed by atoms with E-state index in [1.54, 1.807) is 0 Å². The molecule has 0 heterocycles. The van der Waals surface area contributed by atoms with Crippen LogP contribution in [0.4, 0.5) is 0 Å². The van der Waals surface area contributed by atoms with E-state index in [1.807, 2.05) is 0 Å². The molecule has 82 valence electrons. The van der Waals surface area contributed by atoms with Gasteiger partial charge < -0.3 is 0 Å². The van der Waals surface area contributed by atoms with E-state index >= 15 is 0 Å². The first kappa shape index (κ1) is 12.1. The van der Waals surface area contributed by atoms with Gasteiger partial charge in [-0.1, -0.05) is 58.5 Å². The van der Waals surface area contributed by atoms with Crippen LogP contribution >= 0.6 is 0 Å². The van der Waals surface area contributed by atoms with Crippen LogP contribution in [0.2, 0.25) is 0 Å². The first-order valence-corrected chi connectivity index (χ1v) is 6.27. The lowest BCUT2D eigenvalue weighted by molar-refractivity contribution is 1.46. The first-order valence-electron chi connectivity index (χ1n) is 6.27. The van der Waals surface area contributed by atoms with Crippen LogP contribution < -0.4 is 10.9 Å². The lowest BCUT2D eigenvalue weighted by atomic mass is 9.51. The Bertz CT molecular complexity index is 527. The minimum atomic E-state index is 1.10. The molecule has 0 aliphatic carbocycles. The third kappa shape index (κ3) is 2.85. The Morgan fingerprint density at radius 3 is 2.00 bits per heavy atom. The largest absolute Gasteiger partial charge is 0.139 e. The summed E-state index contributed by atoms with van der Waals surface area (Å²) in [5.74, 6) is 0. The Hall–Kier alpha value is -1.37. The number of aryl methyl sites for hydroxylation is 2. The molecular weight excluding hydrogens is 201 g/mol. The third-order valence-corrected chi connectivity index (χ3v) is 3.10. The zero-order valence-corrected chi connectivity index (χ0v) is 11.2. The summed E-state index contributed by atoms with van der Waals surface area (Å²) in [4.78, 5) is 0. The van der Waals surface area contributed by atoms with Crippen LogP contribution in [-0.2, 0) is 0 Å². The van der Waals surface area contributed by atoms with Gasteiger partial charge in [0.25, 0.3) is 0 Å². The van der Waals surface area contributed by atoms with Crippen molar-refractivity contribution in [1.29, 1.82) is 0 Å². The van der Waals surface area contributed by atoms with E-state index in [2.05, 4.69) is 65.8 Å². The fraction of sp³-hybridized carbons (Fsp3) is 0.143. The summed E-state index contributed by atoms with van der Waals surface area (Å²) < 4.78 is 0. The molecule has 3 heteroatoms. The van der Waals surface area contributed by atoms with Crippen LogP contribution in [0.5, 0.6) is 0 Å². The Kier molecular flexibility index (Phi) is 3.47. The number of rotatable bonds is 2. The van der Waals surface area contributed by atoms with Gasteiger partial charge in [0.15, 0.2) is 0 Å². The molecular formula is C14H17B3. The van der Waals surface area contributed by atoms with Gasteiger partial charge in [-0.3, -0.25) is 0 Å². The summed E-state index contributed by atoms with van der Waals surface area (Å²) in [6, 6.07) is 13.6. The van der Waals surface area contributed by atoms with E-state index in [-0.39, 0.29) is 0 Å². The molecule has 0 amide bonds. The molecule has 0 atom stereocenters. The van der Waals surface area contributed by atoms with Crippen molar-refractivity contribution in [2.45, 2.75) is 13.8 Å². The predicted octanol–water partition coefficient (Wildman–Crippen LogP) is -0.161. The van der Waals surface area contributed by atoms with Crippen molar-refractivity contribution < 1.29 is 0 Å². The summed E-state index contributed by atoms with van der Waals surface area (Å²) in [5, 5.41) is 0. The van der Waals surface area contributed by atoms with Gasteiger partial charge in [-0.05, 0) is 25.0 Å². The highest BCUT2D eigenvalue weighted by molar-refractivity contribution is 6.97. The molecule has 0 fully saturated rings. The molecule has 2 rings (SSSR count). The van der Waals surface area contributed by atoms with Crippen molar-refractivity contribution in [3.63, 3.8) is 0 Å². The Labute approximate surface area is 106 Å². The summed E-state index contributed by atoms with van der Waals surface area (Å²) >= 11 is 0. The van der Waals surface area contributed by atoms with Gasteiger partial charge in [-0.25, -0.2) is 0 Å². The Morgan fingerprint density at radius 1 is 0.824 bits per heavy atom.